The summed E-state index contributed by atoms with van der Waals surface area (Å²) in [5.74, 6) is 0.724. The van der Waals surface area contributed by atoms with Crippen LogP contribution >= 0.6 is 0 Å². The minimum Gasteiger partial charge on any atom is -0.351 e. The van der Waals surface area contributed by atoms with Crippen molar-refractivity contribution < 1.29 is 8.42 Å². The molecular formula is C15H25N5O3S. The Morgan fingerprint density at radius 1 is 1.17 bits per heavy atom. The lowest BCUT2D eigenvalue weighted by Crippen LogP contribution is -2.50. The molecule has 2 fully saturated rings. The van der Waals surface area contributed by atoms with Gasteiger partial charge in [-0.3, -0.25) is 4.79 Å². The molecule has 9 heteroatoms. The van der Waals surface area contributed by atoms with Crippen LogP contribution in [0.25, 0.3) is 0 Å². The van der Waals surface area contributed by atoms with Gasteiger partial charge in [0.15, 0.2) is 0 Å². The van der Waals surface area contributed by atoms with Crippen molar-refractivity contribution in [1.29, 1.82) is 0 Å². The molecule has 8 nitrogen and oxygen atoms in total. The number of hydrogen-bond donors (Lipinski definition) is 1. The fourth-order valence-electron chi connectivity index (χ4n) is 3.38. The molecule has 0 spiro atoms. The molecule has 1 N–H and O–H groups in total. The van der Waals surface area contributed by atoms with Crippen molar-refractivity contribution in [2.45, 2.75) is 38.1 Å². The number of rotatable bonds is 5. The number of aromatic nitrogens is 2. The fraction of sp³-hybridized carbons (Fsp3) is 0.733. The van der Waals surface area contributed by atoms with Crippen molar-refractivity contribution in [1.82, 2.24) is 18.8 Å². The largest absolute Gasteiger partial charge is 0.351 e. The molecule has 134 valence electrons. The van der Waals surface area contributed by atoms with Gasteiger partial charge in [-0.1, -0.05) is 0 Å². The van der Waals surface area contributed by atoms with Crippen molar-refractivity contribution in [2.75, 3.05) is 31.1 Å². The van der Waals surface area contributed by atoms with E-state index in [1.54, 1.807) is 13.1 Å². The predicted molar refractivity (Wildman–Crippen MR) is 92.2 cm³/mol. The zero-order valence-electron chi connectivity index (χ0n) is 14.0. The molecule has 0 aliphatic carbocycles. The standard InChI is InChI=1S/C15H25N5O3S/c1-18-15(21)8-7-14(17-18)20-11-3-2-6-13(20)12-16-24(22,23)19-9-4-5-10-19/h7-8,13,16H,2-6,9-12H2,1H3. The number of nitrogens with zero attached hydrogens (tertiary/aromatic N) is 4. The second-order valence-corrected chi connectivity index (χ2v) is 8.21. The molecule has 3 heterocycles. The van der Waals surface area contributed by atoms with Gasteiger partial charge in [0.2, 0.25) is 0 Å². The topological polar surface area (TPSA) is 87.5 Å². The first-order valence-electron chi connectivity index (χ1n) is 8.53. The summed E-state index contributed by atoms with van der Waals surface area (Å²) in [4.78, 5) is 13.6. The number of aryl methyl sites for hydroxylation is 1. The third-order valence-electron chi connectivity index (χ3n) is 4.77. The Kier molecular flexibility index (Phi) is 5.21. The van der Waals surface area contributed by atoms with Crippen LogP contribution in [0, 0.1) is 0 Å². The molecule has 2 saturated heterocycles. The van der Waals surface area contributed by atoms with Crippen molar-refractivity contribution in [3.63, 3.8) is 0 Å². The molecule has 24 heavy (non-hydrogen) atoms. The lowest BCUT2D eigenvalue weighted by atomic mass is 10.0. The Morgan fingerprint density at radius 3 is 2.58 bits per heavy atom. The summed E-state index contributed by atoms with van der Waals surface area (Å²) in [5, 5.41) is 4.31. The highest BCUT2D eigenvalue weighted by Gasteiger charge is 2.29. The normalized spacial score (nSPS) is 22.9. The third-order valence-corrected chi connectivity index (χ3v) is 6.35. The summed E-state index contributed by atoms with van der Waals surface area (Å²) in [7, 11) is -1.77. The predicted octanol–water partition coefficient (Wildman–Crippen LogP) is 0.0694. The van der Waals surface area contributed by atoms with Gasteiger partial charge in [-0.2, -0.15) is 17.8 Å². The lowest BCUT2D eigenvalue weighted by Gasteiger charge is -2.36. The highest BCUT2D eigenvalue weighted by atomic mass is 32.2. The molecule has 0 saturated carbocycles. The van der Waals surface area contributed by atoms with Gasteiger partial charge in [0.1, 0.15) is 5.82 Å². The first-order chi connectivity index (χ1) is 11.5. The minimum absolute atomic E-state index is 0.0566. The maximum absolute atomic E-state index is 12.4. The van der Waals surface area contributed by atoms with Gasteiger partial charge in [0, 0.05) is 45.3 Å². The van der Waals surface area contributed by atoms with E-state index in [1.807, 2.05) is 0 Å². The van der Waals surface area contributed by atoms with Crippen LogP contribution in [-0.4, -0.2) is 54.7 Å². The van der Waals surface area contributed by atoms with Crippen LogP contribution in [0.1, 0.15) is 32.1 Å². The molecule has 1 unspecified atom stereocenters. The SMILES string of the molecule is Cn1nc(N2CCCCC2CNS(=O)(=O)N2CCCC2)ccc1=O. The zero-order valence-corrected chi connectivity index (χ0v) is 14.8. The quantitative estimate of drug-likeness (QED) is 0.808. The Labute approximate surface area is 142 Å². The van der Waals surface area contributed by atoms with E-state index in [9.17, 15) is 13.2 Å². The third kappa shape index (κ3) is 3.79. The van der Waals surface area contributed by atoms with Gasteiger partial charge in [0.05, 0.1) is 0 Å². The summed E-state index contributed by atoms with van der Waals surface area (Å²) < 4.78 is 30.3. The van der Waals surface area contributed by atoms with Crippen molar-refractivity contribution in [3.8, 4) is 0 Å². The molecule has 1 atom stereocenters. The minimum atomic E-state index is -3.40. The molecule has 1 aromatic heterocycles. The Hall–Kier alpha value is -1.45. The Balaban J connectivity index is 1.70. The number of piperidine rings is 1. The number of anilines is 1. The Bertz CT molecular complexity index is 727. The maximum atomic E-state index is 12.4. The second-order valence-electron chi connectivity index (χ2n) is 6.46. The molecule has 3 rings (SSSR count). The number of hydrogen-bond acceptors (Lipinski definition) is 5. The molecule has 1 aromatic rings. The van der Waals surface area contributed by atoms with E-state index in [0.717, 1.165) is 44.5 Å². The van der Waals surface area contributed by atoms with Crippen molar-refractivity contribution in [3.05, 3.63) is 22.5 Å². The van der Waals surface area contributed by atoms with Gasteiger partial charge in [-0.15, -0.1) is 0 Å². The molecule has 0 amide bonds. The highest BCUT2D eigenvalue weighted by Crippen LogP contribution is 2.22. The maximum Gasteiger partial charge on any atom is 0.279 e. The van der Waals surface area contributed by atoms with Crippen LogP contribution in [0.4, 0.5) is 5.82 Å². The average molecular weight is 355 g/mol. The first-order valence-corrected chi connectivity index (χ1v) is 9.97. The summed E-state index contributed by atoms with van der Waals surface area (Å²) in [5.41, 5.74) is -0.151. The van der Waals surface area contributed by atoms with Gasteiger partial charge in [-0.25, -0.2) is 9.40 Å². The van der Waals surface area contributed by atoms with Crippen LogP contribution in [0.3, 0.4) is 0 Å². The van der Waals surface area contributed by atoms with Crippen LogP contribution in [0.2, 0.25) is 0 Å². The van der Waals surface area contributed by atoms with Crippen molar-refractivity contribution in [2.24, 2.45) is 7.05 Å². The smallest absolute Gasteiger partial charge is 0.279 e. The van der Waals surface area contributed by atoms with Gasteiger partial charge in [-0.05, 0) is 38.2 Å². The molecule has 0 bridgehead atoms. The fourth-order valence-corrected chi connectivity index (χ4v) is 4.70. The molecular weight excluding hydrogens is 330 g/mol. The van der Waals surface area contributed by atoms with Crippen LogP contribution in [-0.2, 0) is 17.3 Å². The summed E-state index contributed by atoms with van der Waals surface area (Å²) in [6, 6.07) is 3.28. The highest BCUT2D eigenvalue weighted by molar-refractivity contribution is 7.87. The second kappa shape index (κ2) is 7.20. The molecule has 2 aliphatic rings. The van der Waals surface area contributed by atoms with Gasteiger partial charge in [0.25, 0.3) is 15.8 Å². The van der Waals surface area contributed by atoms with E-state index < -0.39 is 10.2 Å². The van der Waals surface area contributed by atoms with E-state index >= 15 is 0 Å². The summed E-state index contributed by atoms with van der Waals surface area (Å²) in [6.07, 6.45) is 4.88. The van der Waals surface area contributed by atoms with E-state index in [2.05, 4.69) is 14.7 Å². The number of nitrogens with one attached hydrogen (secondary N) is 1. The molecule has 0 aromatic carbocycles. The van der Waals surface area contributed by atoms with Crippen LogP contribution in [0.15, 0.2) is 16.9 Å². The summed E-state index contributed by atoms with van der Waals surface area (Å²) in [6.45, 7) is 2.39. The zero-order chi connectivity index (χ0) is 17.2. The van der Waals surface area contributed by atoms with Gasteiger partial charge >= 0.3 is 0 Å². The van der Waals surface area contributed by atoms with Crippen LogP contribution < -0.4 is 15.2 Å². The molecule has 0 radical (unpaired) electrons. The first kappa shape index (κ1) is 17.4. The van der Waals surface area contributed by atoms with Crippen LogP contribution in [0.5, 0.6) is 0 Å². The van der Waals surface area contributed by atoms with E-state index in [1.165, 1.54) is 15.1 Å². The van der Waals surface area contributed by atoms with Crippen molar-refractivity contribution >= 4 is 16.0 Å². The summed E-state index contributed by atoms with van der Waals surface area (Å²) >= 11 is 0. The lowest BCUT2D eigenvalue weighted by molar-refractivity contribution is 0.428. The van der Waals surface area contributed by atoms with E-state index in [-0.39, 0.29) is 11.6 Å². The van der Waals surface area contributed by atoms with E-state index in [4.69, 9.17) is 0 Å². The molecule has 2 aliphatic heterocycles. The monoisotopic (exact) mass is 355 g/mol. The average Bonchev–Trinajstić information content (AvgIpc) is 3.11. The van der Waals surface area contributed by atoms with E-state index in [0.29, 0.717) is 19.6 Å². The van der Waals surface area contributed by atoms with Gasteiger partial charge < -0.3 is 4.90 Å². The Morgan fingerprint density at radius 2 is 1.88 bits per heavy atom.